The number of carboxylic acid groups (broad SMARTS) is 1. The van der Waals surface area contributed by atoms with Crippen molar-refractivity contribution in [1.82, 2.24) is 4.90 Å². The first kappa shape index (κ1) is 16.5. The van der Waals surface area contributed by atoms with Crippen LogP contribution in [0.1, 0.15) is 47.0 Å². The van der Waals surface area contributed by atoms with Gasteiger partial charge in [0.1, 0.15) is 11.0 Å². The number of rotatable bonds is 2. The Labute approximate surface area is 119 Å². The summed E-state index contributed by atoms with van der Waals surface area (Å²) in [6.45, 7) is 7.32. The third-order valence-corrected chi connectivity index (χ3v) is 3.61. The maximum Gasteiger partial charge on any atom is 0.407 e. The lowest BCUT2D eigenvalue weighted by Crippen LogP contribution is -2.43. The van der Waals surface area contributed by atoms with Crippen molar-refractivity contribution in [3.05, 3.63) is 0 Å². The van der Waals surface area contributed by atoms with Gasteiger partial charge in [0, 0.05) is 19.5 Å². The molecule has 6 heteroatoms. The zero-order valence-electron chi connectivity index (χ0n) is 12.6. The van der Waals surface area contributed by atoms with E-state index in [4.69, 9.17) is 9.84 Å². The maximum atomic E-state index is 12.4. The van der Waals surface area contributed by atoms with Crippen LogP contribution in [0, 0.1) is 5.41 Å². The highest BCUT2D eigenvalue weighted by molar-refractivity contribution is 6.04. The monoisotopic (exact) mass is 285 g/mol. The fourth-order valence-corrected chi connectivity index (χ4v) is 2.35. The predicted molar refractivity (Wildman–Crippen MR) is 72.4 cm³/mol. The van der Waals surface area contributed by atoms with Gasteiger partial charge in [-0.3, -0.25) is 9.59 Å². The molecule has 1 rings (SSSR count). The molecular formula is C14H23NO5. The Bertz CT molecular complexity index is 412. The standard InChI is InChI=1S/C14H23NO5/c1-5-14(11(17)20-13(2,3)4)7-9-15(12(18)19)8-6-10(14)16/h5-9H2,1-4H3,(H,18,19). The molecule has 0 spiro atoms. The molecule has 1 unspecified atom stereocenters. The van der Waals surface area contributed by atoms with Crippen molar-refractivity contribution in [2.75, 3.05) is 13.1 Å². The molecule has 0 aromatic carbocycles. The smallest absolute Gasteiger partial charge is 0.407 e. The lowest BCUT2D eigenvalue weighted by molar-refractivity contribution is -0.171. The second kappa shape index (κ2) is 5.81. The number of hydrogen-bond acceptors (Lipinski definition) is 4. The van der Waals surface area contributed by atoms with Crippen molar-refractivity contribution in [2.45, 2.75) is 52.6 Å². The van der Waals surface area contributed by atoms with Crippen LogP contribution >= 0.6 is 0 Å². The minimum Gasteiger partial charge on any atom is -0.465 e. The first-order valence-electron chi connectivity index (χ1n) is 6.87. The van der Waals surface area contributed by atoms with Crippen LogP contribution in [0.4, 0.5) is 4.79 Å². The SMILES string of the molecule is CCC1(C(=O)OC(C)(C)C)CCN(C(=O)O)CCC1=O. The van der Waals surface area contributed by atoms with Gasteiger partial charge in [0.25, 0.3) is 0 Å². The van der Waals surface area contributed by atoms with Gasteiger partial charge in [-0.05, 0) is 33.6 Å². The second-order valence-corrected chi connectivity index (χ2v) is 6.13. The molecule has 0 aromatic heterocycles. The molecule has 114 valence electrons. The van der Waals surface area contributed by atoms with Gasteiger partial charge in [-0.1, -0.05) is 6.92 Å². The number of carbonyl (C=O) groups is 3. The third-order valence-electron chi connectivity index (χ3n) is 3.61. The highest BCUT2D eigenvalue weighted by Crippen LogP contribution is 2.35. The van der Waals surface area contributed by atoms with Gasteiger partial charge in [0.2, 0.25) is 0 Å². The van der Waals surface area contributed by atoms with E-state index in [1.807, 2.05) is 0 Å². The summed E-state index contributed by atoms with van der Waals surface area (Å²) in [6, 6.07) is 0. The molecule has 1 aliphatic rings. The van der Waals surface area contributed by atoms with E-state index in [1.165, 1.54) is 4.90 Å². The summed E-state index contributed by atoms with van der Waals surface area (Å²) in [7, 11) is 0. The van der Waals surface area contributed by atoms with E-state index in [9.17, 15) is 14.4 Å². The first-order valence-corrected chi connectivity index (χ1v) is 6.87. The van der Waals surface area contributed by atoms with E-state index in [0.717, 1.165) is 0 Å². The second-order valence-electron chi connectivity index (χ2n) is 6.13. The highest BCUT2D eigenvalue weighted by atomic mass is 16.6. The number of ketones is 1. The van der Waals surface area contributed by atoms with Crippen molar-refractivity contribution in [3.63, 3.8) is 0 Å². The van der Waals surface area contributed by atoms with E-state index in [-0.39, 0.29) is 31.7 Å². The number of amides is 1. The number of carbonyl (C=O) groups excluding carboxylic acids is 2. The van der Waals surface area contributed by atoms with Crippen LogP contribution in [0.2, 0.25) is 0 Å². The number of ether oxygens (including phenoxy) is 1. The van der Waals surface area contributed by atoms with E-state index in [1.54, 1.807) is 27.7 Å². The Balaban J connectivity index is 2.99. The van der Waals surface area contributed by atoms with Crippen LogP contribution in [-0.2, 0) is 14.3 Å². The molecule has 0 saturated carbocycles. The zero-order valence-corrected chi connectivity index (χ0v) is 12.6. The summed E-state index contributed by atoms with van der Waals surface area (Å²) < 4.78 is 5.37. The van der Waals surface area contributed by atoms with Crippen LogP contribution in [-0.4, -0.2) is 46.5 Å². The van der Waals surface area contributed by atoms with Gasteiger partial charge in [-0.15, -0.1) is 0 Å². The van der Waals surface area contributed by atoms with Crippen molar-refractivity contribution < 1.29 is 24.2 Å². The number of esters is 1. The van der Waals surface area contributed by atoms with Gasteiger partial charge >= 0.3 is 12.1 Å². The fraction of sp³-hybridized carbons (Fsp3) is 0.786. The van der Waals surface area contributed by atoms with Gasteiger partial charge < -0.3 is 14.7 Å². The number of nitrogens with zero attached hydrogens (tertiary/aromatic N) is 1. The number of likely N-dealkylation sites (tertiary alicyclic amines) is 1. The van der Waals surface area contributed by atoms with E-state index >= 15 is 0 Å². The van der Waals surface area contributed by atoms with Crippen molar-refractivity contribution in [2.24, 2.45) is 5.41 Å². The average molecular weight is 285 g/mol. The van der Waals surface area contributed by atoms with Crippen LogP contribution in [0.25, 0.3) is 0 Å². The Morgan fingerprint density at radius 1 is 1.35 bits per heavy atom. The average Bonchev–Trinajstić information content (AvgIpc) is 2.47. The van der Waals surface area contributed by atoms with Gasteiger partial charge in [-0.2, -0.15) is 0 Å². The maximum absolute atomic E-state index is 12.4. The van der Waals surface area contributed by atoms with E-state index < -0.39 is 23.1 Å². The quantitative estimate of drug-likeness (QED) is 0.620. The van der Waals surface area contributed by atoms with Crippen molar-refractivity contribution in [3.8, 4) is 0 Å². The minimum absolute atomic E-state index is 0.0549. The molecule has 1 aliphatic heterocycles. The summed E-state index contributed by atoms with van der Waals surface area (Å²) in [5, 5.41) is 9.02. The Hall–Kier alpha value is -1.59. The van der Waals surface area contributed by atoms with Gasteiger partial charge in [0.15, 0.2) is 5.78 Å². The van der Waals surface area contributed by atoms with Crippen LogP contribution in [0.5, 0.6) is 0 Å². The van der Waals surface area contributed by atoms with Crippen molar-refractivity contribution >= 4 is 17.8 Å². The summed E-state index contributed by atoms with van der Waals surface area (Å²) >= 11 is 0. The molecule has 0 aromatic rings. The Morgan fingerprint density at radius 2 is 1.95 bits per heavy atom. The molecule has 0 aliphatic carbocycles. The number of Topliss-reactive ketones (excluding diaryl/α,β-unsaturated/α-hetero) is 1. The van der Waals surface area contributed by atoms with Crippen molar-refractivity contribution in [1.29, 1.82) is 0 Å². The van der Waals surface area contributed by atoms with Crippen LogP contribution in [0.3, 0.4) is 0 Å². The van der Waals surface area contributed by atoms with Gasteiger partial charge in [0.05, 0.1) is 0 Å². The van der Waals surface area contributed by atoms with Gasteiger partial charge in [-0.25, -0.2) is 4.79 Å². The lowest BCUT2D eigenvalue weighted by Gasteiger charge is -2.31. The Morgan fingerprint density at radius 3 is 2.40 bits per heavy atom. The van der Waals surface area contributed by atoms with Crippen LogP contribution < -0.4 is 0 Å². The van der Waals surface area contributed by atoms with E-state index in [2.05, 4.69) is 0 Å². The zero-order chi connectivity index (χ0) is 15.6. The Kier molecular flexibility index (Phi) is 4.78. The third kappa shape index (κ3) is 3.49. The molecule has 1 heterocycles. The molecule has 0 bridgehead atoms. The largest absolute Gasteiger partial charge is 0.465 e. The fourth-order valence-electron chi connectivity index (χ4n) is 2.35. The normalized spacial score (nSPS) is 24.2. The number of hydrogen-bond donors (Lipinski definition) is 1. The molecule has 1 amide bonds. The molecule has 1 saturated heterocycles. The van der Waals surface area contributed by atoms with E-state index in [0.29, 0.717) is 6.42 Å². The highest BCUT2D eigenvalue weighted by Gasteiger charge is 2.48. The van der Waals surface area contributed by atoms with Crippen LogP contribution in [0.15, 0.2) is 0 Å². The topological polar surface area (TPSA) is 83.9 Å². The summed E-state index contributed by atoms with van der Waals surface area (Å²) in [6.07, 6.45) is -0.495. The summed E-state index contributed by atoms with van der Waals surface area (Å²) in [5.41, 5.74) is -1.88. The molecular weight excluding hydrogens is 262 g/mol. The molecule has 1 fully saturated rings. The molecule has 0 radical (unpaired) electrons. The summed E-state index contributed by atoms with van der Waals surface area (Å²) in [5.74, 6) is -0.761. The molecule has 1 N–H and O–H groups in total. The predicted octanol–water partition coefficient (Wildman–Crippen LogP) is 2.07. The minimum atomic E-state index is -1.21. The summed E-state index contributed by atoms with van der Waals surface area (Å²) in [4.78, 5) is 36.9. The molecule has 1 atom stereocenters. The lowest BCUT2D eigenvalue weighted by atomic mass is 9.77. The first-order chi connectivity index (χ1) is 9.12. The molecule has 20 heavy (non-hydrogen) atoms. The molecule has 6 nitrogen and oxygen atoms in total.